The normalized spacial score (nSPS) is 12.0. The van der Waals surface area contributed by atoms with Crippen molar-refractivity contribution in [1.82, 2.24) is 0 Å². The van der Waals surface area contributed by atoms with E-state index < -0.39 is 34.4 Å². The van der Waals surface area contributed by atoms with Crippen LogP contribution in [-0.4, -0.2) is 71.2 Å². The van der Waals surface area contributed by atoms with Gasteiger partial charge in [0, 0.05) is 7.11 Å². The minimum atomic E-state index is -4.13. The molecule has 0 heterocycles. The number of aliphatic hydroxyl groups is 3. The number of nitrogens with two attached hydrogens (primary N) is 1. The quantitative estimate of drug-likeness (QED) is 0.239. The molecule has 0 aromatic rings. The molecule has 0 amide bonds. The average Bonchev–Trinajstić information content (AvgIpc) is 2.16. The predicted octanol–water partition coefficient (Wildman–Crippen LogP) is -4.29. The first kappa shape index (κ1) is 16.3. The molecule has 0 aliphatic rings. The fraction of sp³-hybridized carbons (Fsp3) is 1.00. The molecule has 8 nitrogen and oxygen atoms in total. The van der Waals surface area contributed by atoms with E-state index in [-0.39, 0.29) is 0 Å². The van der Waals surface area contributed by atoms with Crippen LogP contribution in [0, 0.1) is 0 Å². The highest BCUT2D eigenvalue weighted by atomic mass is 28.4. The Kier molecular flexibility index (Phi) is 8.43. The standard InChI is InChI=1S/C4H11NO3.CH6O4Si/c5-4(1-6,2-7)3-8;1-5-6(2,3)4/h6-8H,1-3,5H2;2-4H,1H3. The molecule has 14 heavy (non-hydrogen) atoms. The summed E-state index contributed by atoms with van der Waals surface area (Å²) in [5.41, 5.74) is 3.94. The molecule has 0 saturated carbocycles. The number of rotatable bonds is 4. The molecule has 0 aromatic carbocycles. The van der Waals surface area contributed by atoms with E-state index >= 15 is 0 Å². The first-order valence-electron chi connectivity index (χ1n) is 3.58. The molecule has 0 spiro atoms. The van der Waals surface area contributed by atoms with Gasteiger partial charge < -0.3 is 39.9 Å². The number of hydrogen-bond donors (Lipinski definition) is 7. The van der Waals surface area contributed by atoms with Gasteiger partial charge in [-0.3, -0.25) is 0 Å². The van der Waals surface area contributed by atoms with Crippen LogP contribution in [0.1, 0.15) is 0 Å². The van der Waals surface area contributed by atoms with Crippen molar-refractivity contribution in [1.29, 1.82) is 0 Å². The Morgan fingerprint density at radius 2 is 1.29 bits per heavy atom. The Hall–Kier alpha value is -0.103. The maximum atomic E-state index is 8.34. The van der Waals surface area contributed by atoms with E-state index in [1.165, 1.54) is 0 Å². The van der Waals surface area contributed by atoms with Crippen LogP contribution in [0.4, 0.5) is 0 Å². The van der Waals surface area contributed by atoms with Gasteiger partial charge in [0.05, 0.1) is 25.4 Å². The van der Waals surface area contributed by atoms with E-state index in [9.17, 15) is 0 Å². The van der Waals surface area contributed by atoms with E-state index in [2.05, 4.69) is 4.43 Å². The van der Waals surface area contributed by atoms with Gasteiger partial charge in [-0.05, 0) is 0 Å². The summed E-state index contributed by atoms with van der Waals surface area (Å²) in [6, 6.07) is 0. The summed E-state index contributed by atoms with van der Waals surface area (Å²) in [5, 5.41) is 25.0. The summed E-state index contributed by atoms with van der Waals surface area (Å²) in [6.45, 7) is -1.21. The van der Waals surface area contributed by atoms with Crippen LogP contribution in [-0.2, 0) is 4.43 Å². The topological polar surface area (TPSA) is 157 Å². The molecule has 0 aliphatic heterocycles. The second kappa shape index (κ2) is 7.22. The molecule has 88 valence electrons. The molecule has 0 atom stereocenters. The molecule has 0 bridgehead atoms. The third-order valence-electron chi connectivity index (χ3n) is 1.22. The lowest BCUT2D eigenvalue weighted by molar-refractivity contribution is 0.0697. The minimum absolute atomic E-state index is 0.403. The molecular formula is C5H17NO7Si. The highest BCUT2D eigenvalue weighted by molar-refractivity contribution is 6.48. The maximum absolute atomic E-state index is 8.34. The molecule has 0 rings (SSSR count). The minimum Gasteiger partial charge on any atom is -0.394 e. The lowest BCUT2D eigenvalue weighted by Crippen LogP contribution is -2.50. The summed E-state index contributed by atoms with van der Waals surface area (Å²) in [4.78, 5) is 23.6. The van der Waals surface area contributed by atoms with Crippen molar-refractivity contribution in [3.05, 3.63) is 0 Å². The van der Waals surface area contributed by atoms with Gasteiger partial charge in [0.15, 0.2) is 0 Å². The molecule has 9 heteroatoms. The molecule has 0 unspecified atom stereocenters. The Bertz CT molecular complexity index is 126. The SMILES string of the molecule is CO[Si](O)(O)O.NC(CO)(CO)CO. The molecule has 0 radical (unpaired) electrons. The summed E-state index contributed by atoms with van der Waals surface area (Å²) in [5.74, 6) is 0. The molecule has 0 aliphatic carbocycles. The zero-order chi connectivity index (χ0) is 11.8. The highest BCUT2D eigenvalue weighted by Crippen LogP contribution is 1.93. The van der Waals surface area contributed by atoms with Crippen molar-refractivity contribution in [2.45, 2.75) is 5.54 Å². The van der Waals surface area contributed by atoms with Crippen molar-refractivity contribution in [2.75, 3.05) is 26.9 Å². The number of hydrogen-bond acceptors (Lipinski definition) is 8. The maximum Gasteiger partial charge on any atom is 0.671 e. The second-order valence-electron chi connectivity index (χ2n) is 2.61. The fourth-order valence-electron chi connectivity index (χ4n) is 0.150. The van der Waals surface area contributed by atoms with Gasteiger partial charge in [-0.25, -0.2) is 0 Å². The Morgan fingerprint density at radius 3 is 1.29 bits per heavy atom. The first-order valence-corrected chi connectivity index (χ1v) is 5.33. The monoisotopic (exact) mass is 231 g/mol. The van der Waals surface area contributed by atoms with Gasteiger partial charge in [0.1, 0.15) is 0 Å². The number of aliphatic hydroxyl groups excluding tert-OH is 3. The van der Waals surface area contributed by atoms with E-state index in [0.29, 0.717) is 0 Å². The third-order valence-corrected chi connectivity index (χ3v) is 1.77. The third kappa shape index (κ3) is 9.98. The Labute approximate surface area is 82.3 Å². The molecule has 8 N–H and O–H groups in total. The summed E-state index contributed by atoms with van der Waals surface area (Å²) in [7, 11) is -3.11. The lowest BCUT2D eigenvalue weighted by Gasteiger charge is -2.20. The van der Waals surface area contributed by atoms with Crippen molar-refractivity contribution < 1.29 is 34.1 Å². The Balaban J connectivity index is 0. The van der Waals surface area contributed by atoms with Gasteiger partial charge in [-0.1, -0.05) is 0 Å². The first-order chi connectivity index (χ1) is 6.24. The van der Waals surface area contributed by atoms with Crippen molar-refractivity contribution >= 4 is 9.05 Å². The van der Waals surface area contributed by atoms with Gasteiger partial charge in [0.2, 0.25) is 0 Å². The summed E-state index contributed by atoms with van der Waals surface area (Å²) >= 11 is 0. The predicted molar refractivity (Wildman–Crippen MR) is 47.6 cm³/mol. The summed E-state index contributed by atoms with van der Waals surface area (Å²) < 4.78 is 3.74. The van der Waals surface area contributed by atoms with Gasteiger partial charge in [-0.2, -0.15) is 0 Å². The van der Waals surface area contributed by atoms with Crippen LogP contribution in [0.15, 0.2) is 0 Å². The van der Waals surface area contributed by atoms with E-state index in [0.717, 1.165) is 7.11 Å². The van der Waals surface area contributed by atoms with Gasteiger partial charge in [-0.15, -0.1) is 0 Å². The van der Waals surface area contributed by atoms with Crippen LogP contribution >= 0.6 is 0 Å². The van der Waals surface area contributed by atoms with Crippen LogP contribution in [0.3, 0.4) is 0 Å². The van der Waals surface area contributed by atoms with Crippen LogP contribution in [0.5, 0.6) is 0 Å². The van der Waals surface area contributed by atoms with Gasteiger partial charge in [0.25, 0.3) is 0 Å². The molecular weight excluding hydrogens is 214 g/mol. The zero-order valence-corrected chi connectivity index (χ0v) is 8.79. The average molecular weight is 231 g/mol. The zero-order valence-electron chi connectivity index (χ0n) is 7.79. The van der Waals surface area contributed by atoms with E-state index in [4.69, 9.17) is 35.4 Å². The van der Waals surface area contributed by atoms with Crippen molar-refractivity contribution in [2.24, 2.45) is 5.73 Å². The van der Waals surface area contributed by atoms with Crippen molar-refractivity contribution in [3.63, 3.8) is 0 Å². The Morgan fingerprint density at radius 1 is 1.07 bits per heavy atom. The van der Waals surface area contributed by atoms with E-state index in [1.54, 1.807) is 0 Å². The molecule has 0 aromatic heterocycles. The molecule has 0 saturated heterocycles. The van der Waals surface area contributed by atoms with Crippen LogP contribution < -0.4 is 5.73 Å². The van der Waals surface area contributed by atoms with E-state index in [1.807, 2.05) is 0 Å². The van der Waals surface area contributed by atoms with Crippen LogP contribution in [0.2, 0.25) is 0 Å². The smallest absolute Gasteiger partial charge is 0.394 e. The van der Waals surface area contributed by atoms with Gasteiger partial charge >= 0.3 is 9.05 Å². The second-order valence-corrected chi connectivity index (χ2v) is 4.17. The molecule has 0 fully saturated rings. The summed E-state index contributed by atoms with van der Waals surface area (Å²) in [6.07, 6.45) is 0. The van der Waals surface area contributed by atoms with Crippen molar-refractivity contribution in [3.8, 4) is 0 Å². The fourth-order valence-corrected chi connectivity index (χ4v) is 0.150. The van der Waals surface area contributed by atoms with Crippen LogP contribution in [0.25, 0.3) is 0 Å². The largest absolute Gasteiger partial charge is 0.671 e. The lowest BCUT2D eigenvalue weighted by atomic mass is 10.1. The highest BCUT2D eigenvalue weighted by Gasteiger charge is 2.27.